The van der Waals surface area contributed by atoms with Crippen molar-refractivity contribution < 1.29 is 33.7 Å². The second-order valence-corrected chi connectivity index (χ2v) is 11.9. The Morgan fingerprint density at radius 2 is 1.85 bits per heavy atom. The number of carbonyl (C=O) groups is 3. The third kappa shape index (κ3) is 6.20. The smallest absolute Gasteiger partial charge is 0.326 e. The number of aliphatic carboxylic acids is 1. The van der Waals surface area contributed by atoms with E-state index in [1.165, 1.54) is 19.1 Å². The minimum absolute atomic E-state index is 0.282. The Balaban J connectivity index is 1.84. The van der Waals surface area contributed by atoms with Crippen LogP contribution in [-0.2, 0) is 19.1 Å². The summed E-state index contributed by atoms with van der Waals surface area (Å²) in [6, 6.07) is 9.74. The van der Waals surface area contributed by atoms with Crippen LogP contribution >= 0.6 is 11.6 Å². The predicted octanol–water partition coefficient (Wildman–Crippen LogP) is 5.08. The van der Waals surface area contributed by atoms with Crippen LogP contribution in [0.5, 0.6) is 11.5 Å². The lowest BCUT2D eigenvalue weighted by molar-refractivity contribution is -0.154. The number of carboxylic acids is 1. The van der Waals surface area contributed by atoms with Crippen molar-refractivity contribution in [2.24, 2.45) is 5.41 Å². The number of ether oxygens (including phenoxy) is 3. The number of hydrogen-bond donors (Lipinski definition) is 1. The van der Waals surface area contributed by atoms with Gasteiger partial charge in [0, 0.05) is 34.9 Å². The number of halogens is 1. The highest BCUT2D eigenvalue weighted by Gasteiger charge is 2.42. The zero-order chi connectivity index (χ0) is 29.2. The van der Waals surface area contributed by atoms with E-state index in [9.17, 15) is 19.5 Å². The van der Waals surface area contributed by atoms with Crippen molar-refractivity contribution in [3.8, 4) is 11.5 Å². The summed E-state index contributed by atoms with van der Waals surface area (Å²) < 4.78 is 17.8. The Morgan fingerprint density at radius 3 is 2.50 bits per heavy atom. The van der Waals surface area contributed by atoms with Crippen LogP contribution in [0.15, 0.2) is 36.4 Å². The number of rotatable bonds is 7. The molecule has 10 heteroatoms. The molecule has 0 bridgehead atoms. The molecule has 3 atom stereocenters. The van der Waals surface area contributed by atoms with Gasteiger partial charge in [-0.05, 0) is 48.9 Å². The lowest BCUT2D eigenvalue weighted by Crippen LogP contribution is -2.50. The fourth-order valence-electron chi connectivity index (χ4n) is 5.46. The lowest BCUT2D eigenvalue weighted by atomic mass is 9.94. The molecule has 0 radical (unpaired) electrons. The van der Waals surface area contributed by atoms with Crippen LogP contribution in [0, 0.1) is 5.41 Å². The van der Waals surface area contributed by atoms with Crippen molar-refractivity contribution in [3.63, 3.8) is 0 Å². The van der Waals surface area contributed by atoms with Gasteiger partial charge in [-0.2, -0.15) is 0 Å². The van der Waals surface area contributed by atoms with Gasteiger partial charge in [0.05, 0.1) is 20.6 Å². The van der Waals surface area contributed by atoms with E-state index in [1.54, 1.807) is 35.2 Å². The van der Waals surface area contributed by atoms with Crippen molar-refractivity contribution in [1.29, 1.82) is 0 Å². The summed E-state index contributed by atoms with van der Waals surface area (Å²) in [5, 5.41) is 10.2. The summed E-state index contributed by atoms with van der Waals surface area (Å²) in [5.74, 6) is -0.928. The van der Waals surface area contributed by atoms with Crippen molar-refractivity contribution in [1.82, 2.24) is 4.90 Å². The van der Waals surface area contributed by atoms with E-state index in [1.807, 2.05) is 26.8 Å². The number of methoxy groups -OCH3 is 2. The van der Waals surface area contributed by atoms with Crippen molar-refractivity contribution in [3.05, 3.63) is 52.5 Å². The Hall–Kier alpha value is -3.30. The molecule has 40 heavy (non-hydrogen) atoms. The molecule has 0 aliphatic carbocycles. The molecule has 2 heterocycles. The van der Waals surface area contributed by atoms with Crippen molar-refractivity contribution >= 4 is 35.1 Å². The Labute approximate surface area is 239 Å². The average Bonchev–Trinajstić information content (AvgIpc) is 3.02. The van der Waals surface area contributed by atoms with E-state index in [-0.39, 0.29) is 17.7 Å². The van der Waals surface area contributed by atoms with Gasteiger partial charge in [-0.25, -0.2) is 4.79 Å². The van der Waals surface area contributed by atoms with Crippen LogP contribution in [0.2, 0.25) is 5.02 Å². The summed E-state index contributed by atoms with van der Waals surface area (Å²) in [5.41, 5.74) is 1.59. The first kappa shape index (κ1) is 29.7. The highest BCUT2D eigenvalue weighted by atomic mass is 35.5. The van der Waals surface area contributed by atoms with Crippen molar-refractivity contribution in [2.45, 2.75) is 64.7 Å². The number of amides is 2. The maximum atomic E-state index is 14.2. The zero-order valence-electron chi connectivity index (χ0n) is 23.6. The number of anilines is 1. The predicted molar refractivity (Wildman–Crippen MR) is 151 cm³/mol. The molecule has 1 N–H and O–H groups in total. The first-order chi connectivity index (χ1) is 18.9. The van der Waals surface area contributed by atoms with E-state index < -0.39 is 30.1 Å². The van der Waals surface area contributed by atoms with Gasteiger partial charge >= 0.3 is 5.97 Å². The first-order valence-electron chi connectivity index (χ1n) is 13.4. The largest absolute Gasteiger partial charge is 0.493 e. The Kier molecular flexibility index (Phi) is 8.95. The summed E-state index contributed by atoms with van der Waals surface area (Å²) in [6.45, 7) is 6.75. The normalized spacial score (nSPS) is 21.4. The monoisotopic (exact) mass is 572 g/mol. The molecule has 0 saturated carbocycles. The number of fused-ring (bicyclic) bond motifs is 1. The molecule has 0 aromatic heterocycles. The molecular weight excluding hydrogens is 536 g/mol. The minimum Gasteiger partial charge on any atom is -0.493 e. The van der Waals surface area contributed by atoms with Gasteiger partial charge in [0.1, 0.15) is 18.2 Å². The van der Waals surface area contributed by atoms with Crippen LogP contribution in [0.25, 0.3) is 0 Å². The molecule has 2 aromatic rings. The number of para-hydroxylation sites is 1. The van der Waals surface area contributed by atoms with E-state index in [2.05, 4.69) is 0 Å². The third-order valence-corrected chi connectivity index (χ3v) is 7.46. The molecule has 4 rings (SSSR count). The lowest BCUT2D eigenvalue weighted by Gasteiger charge is -2.35. The van der Waals surface area contributed by atoms with Crippen LogP contribution in [0.1, 0.15) is 63.7 Å². The van der Waals surface area contributed by atoms with Gasteiger partial charge in [-0.3, -0.25) is 9.59 Å². The van der Waals surface area contributed by atoms with Crippen LogP contribution in [0.3, 0.4) is 0 Å². The highest BCUT2D eigenvalue weighted by molar-refractivity contribution is 6.30. The highest BCUT2D eigenvalue weighted by Crippen LogP contribution is 2.45. The zero-order valence-corrected chi connectivity index (χ0v) is 24.4. The Morgan fingerprint density at radius 1 is 1.10 bits per heavy atom. The van der Waals surface area contributed by atoms with Gasteiger partial charge in [-0.1, -0.05) is 44.5 Å². The van der Waals surface area contributed by atoms with Gasteiger partial charge < -0.3 is 29.1 Å². The maximum Gasteiger partial charge on any atom is 0.326 e. The molecule has 0 spiro atoms. The topological polar surface area (TPSA) is 106 Å². The number of benzene rings is 2. The van der Waals surface area contributed by atoms with Crippen LogP contribution in [-0.4, -0.2) is 67.2 Å². The van der Waals surface area contributed by atoms with Gasteiger partial charge in [-0.15, -0.1) is 0 Å². The molecule has 2 aliphatic rings. The number of carbonyl (C=O) groups excluding carboxylic acids is 2. The van der Waals surface area contributed by atoms with Gasteiger partial charge in [0.25, 0.3) is 5.91 Å². The molecule has 2 amide bonds. The fourth-order valence-corrected chi connectivity index (χ4v) is 5.64. The van der Waals surface area contributed by atoms with E-state index in [0.717, 1.165) is 6.42 Å². The summed E-state index contributed by atoms with van der Waals surface area (Å²) in [4.78, 5) is 42.7. The summed E-state index contributed by atoms with van der Waals surface area (Å²) in [6.07, 6.45) is -0.496. The maximum absolute atomic E-state index is 14.2. The Bertz CT molecular complexity index is 1280. The number of nitrogens with zero attached hydrogens (tertiary/aromatic N) is 2. The molecule has 216 valence electrons. The van der Waals surface area contributed by atoms with Gasteiger partial charge in [0.15, 0.2) is 11.5 Å². The second-order valence-electron chi connectivity index (χ2n) is 11.4. The van der Waals surface area contributed by atoms with Crippen LogP contribution < -0.4 is 14.4 Å². The molecule has 1 fully saturated rings. The van der Waals surface area contributed by atoms with Crippen molar-refractivity contribution in [2.75, 3.05) is 32.2 Å². The number of piperidine rings is 1. The minimum atomic E-state index is -1.18. The van der Waals surface area contributed by atoms with E-state index in [0.29, 0.717) is 59.3 Å². The number of hydrogen-bond acceptors (Lipinski definition) is 6. The first-order valence-corrected chi connectivity index (χ1v) is 13.8. The van der Waals surface area contributed by atoms with Gasteiger partial charge in [0.2, 0.25) is 5.91 Å². The third-order valence-electron chi connectivity index (χ3n) is 7.22. The molecule has 1 saturated heterocycles. The quantitative estimate of drug-likeness (QED) is 0.493. The molecule has 2 aliphatic heterocycles. The average molecular weight is 573 g/mol. The molecular formula is C30H37ClN2O7. The van der Waals surface area contributed by atoms with E-state index in [4.69, 9.17) is 25.8 Å². The number of carboxylic acid groups (broad SMARTS) is 1. The SMILES string of the molecule is COc1cccc([C@@H]2O[C@@H](CC(=O)N3CCCCC3C(=O)O)C(=O)N(CC(C)(C)C)c3ccc(Cl)cc32)c1OC. The summed E-state index contributed by atoms with van der Waals surface area (Å²) >= 11 is 6.47. The molecule has 9 nitrogen and oxygen atoms in total. The fraction of sp³-hybridized carbons (Fsp3) is 0.500. The second kappa shape index (κ2) is 12.1. The number of likely N-dealkylation sites (tertiary alicyclic amines) is 1. The van der Waals surface area contributed by atoms with Crippen LogP contribution in [0.4, 0.5) is 5.69 Å². The summed E-state index contributed by atoms with van der Waals surface area (Å²) in [7, 11) is 3.06. The van der Waals surface area contributed by atoms with E-state index >= 15 is 0 Å². The molecule has 1 unspecified atom stereocenters. The molecule has 2 aromatic carbocycles. The standard InChI is InChI=1S/C30H37ClN2O7/c1-30(2,3)17-33-21-13-12-18(31)15-20(21)26(19-9-8-11-23(38-4)27(19)39-5)40-24(28(33)35)16-25(34)32-14-7-6-10-22(32)29(36)37/h8-9,11-13,15,22,24,26H,6-7,10,14,16-17H2,1-5H3,(H,36,37)/t22?,24-,26-/m0/s1.